The Hall–Kier alpha value is 0.0739. The molecule has 1 aliphatic heterocycles. The smallest absolute Gasteiger partial charge is 0.542 e. The fourth-order valence-corrected chi connectivity index (χ4v) is 6.67. The topological polar surface area (TPSA) is 94.2 Å². The quantitative estimate of drug-likeness (QED) is 0.0164. The van der Waals surface area contributed by atoms with Gasteiger partial charge in [0.25, 0.3) is 0 Å². The van der Waals surface area contributed by atoms with Crippen molar-refractivity contribution >= 4 is 18.7 Å². The average molecular weight is 1290 g/mol. The van der Waals surface area contributed by atoms with Crippen molar-refractivity contribution in [3.63, 3.8) is 0 Å². The van der Waals surface area contributed by atoms with Crippen molar-refractivity contribution in [3.8, 4) is 0 Å². The minimum Gasteiger partial charge on any atom is -0.542 e. The molecule has 0 aromatic heterocycles. The zero-order valence-corrected chi connectivity index (χ0v) is 47.3. The van der Waals surface area contributed by atoms with Crippen LogP contribution in [-0.4, -0.2) is 74.8 Å². The fourth-order valence-electron chi connectivity index (χ4n) is 6.67. The number of unbranched alkanes of at least 4 members (excludes halogenated alkanes) is 19. The Bertz CT molecular complexity index is 941. The summed E-state index contributed by atoms with van der Waals surface area (Å²) in [5, 5.41) is 2.67. The Labute approximate surface area is 418 Å². The molecule has 0 aromatic rings. The number of hydrogen-bond donors (Lipinski definition) is 1. The Morgan fingerprint density at radius 2 is 1.18 bits per heavy atom. The third-order valence-corrected chi connectivity index (χ3v) is 10.7. The SMILES string of the molecule is CCCCC/C=C\C/C=C\CCCCCCC[C-]=O.O=[C-]NC1CN(C2CCC2)C1.[CH2-]C([CH2-])COC(=O)CCC(OCCCCCCCC)OCCCCCCCC.[U+2].[U+2]. The summed E-state index contributed by atoms with van der Waals surface area (Å²) in [7, 11) is 0. The van der Waals surface area contributed by atoms with Gasteiger partial charge in [-0.25, -0.2) is 0 Å². The maximum atomic E-state index is 11.8. The van der Waals surface area contributed by atoms with Crippen LogP contribution in [0.25, 0.3) is 0 Å². The van der Waals surface area contributed by atoms with Gasteiger partial charge in [0, 0.05) is 51.4 Å². The monoisotopic (exact) mass is 1290 g/mol. The van der Waals surface area contributed by atoms with Crippen LogP contribution in [0.15, 0.2) is 24.3 Å². The average Bonchev–Trinajstić information content (AvgIpc) is 3.18. The first-order chi connectivity index (χ1) is 28.4. The summed E-state index contributed by atoms with van der Waals surface area (Å²) in [5.41, 5.74) is 0. The molecule has 8 nitrogen and oxygen atoms in total. The van der Waals surface area contributed by atoms with E-state index in [0.29, 0.717) is 38.5 Å². The van der Waals surface area contributed by atoms with Crippen LogP contribution in [0, 0.1) is 82.0 Å². The number of carbonyl (C=O) groups excluding carboxylic acids is 3. The van der Waals surface area contributed by atoms with Gasteiger partial charge in [-0.1, -0.05) is 154 Å². The summed E-state index contributed by atoms with van der Waals surface area (Å²) in [5.74, 6) is -0.360. The number of allylic oxidation sites excluding steroid dienone is 4. The first-order valence-corrected chi connectivity index (χ1v) is 24.0. The minimum absolute atomic E-state index is 0. The van der Waals surface area contributed by atoms with Gasteiger partial charge in [0.15, 0.2) is 6.29 Å². The molecule has 2 rings (SSSR count). The van der Waals surface area contributed by atoms with Gasteiger partial charge < -0.3 is 43.0 Å². The summed E-state index contributed by atoms with van der Waals surface area (Å²) in [6, 6.07) is 1.22. The van der Waals surface area contributed by atoms with Crippen LogP contribution in [-0.2, 0) is 28.6 Å². The maximum Gasteiger partial charge on any atom is 2.00 e. The van der Waals surface area contributed by atoms with Crippen LogP contribution >= 0.6 is 0 Å². The van der Waals surface area contributed by atoms with Crippen molar-refractivity contribution in [2.24, 2.45) is 5.92 Å². The second kappa shape index (κ2) is 51.7. The third kappa shape index (κ3) is 44.7. The number of esters is 1. The summed E-state index contributed by atoms with van der Waals surface area (Å²) in [4.78, 5) is 34.2. The van der Waals surface area contributed by atoms with Gasteiger partial charge in [-0.2, -0.15) is 12.8 Å². The van der Waals surface area contributed by atoms with E-state index < -0.39 is 0 Å². The van der Waals surface area contributed by atoms with E-state index in [0.717, 1.165) is 44.8 Å². The number of ether oxygens (including phenoxy) is 3. The predicted octanol–water partition coefficient (Wildman–Crippen LogP) is 12.5. The minimum atomic E-state index is -0.311. The third-order valence-electron chi connectivity index (χ3n) is 10.7. The molecule has 344 valence electrons. The van der Waals surface area contributed by atoms with Crippen LogP contribution in [0.2, 0.25) is 0 Å². The van der Waals surface area contributed by atoms with Crippen molar-refractivity contribution in [2.75, 3.05) is 32.9 Å². The second-order valence-corrected chi connectivity index (χ2v) is 16.4. The van der Waals surface area contributed by atoms with E-state index in [-0.39, 0.29) is 87.0 Å². The molecule has 1 saturated heterocycles. The number of likely N-dealkylation sites (tertiary alicyclic amines) is 1. The molecule has 1 amide bonds. The van der Waals surface area contributed by atoms with Gasteiger partial charge in [0.1, 0.15) is 0 Å². The number of nitrogens with one attached hydrogen (secondary N) is 1. The fraction of sp³-hybridized carbons (Fsp3) is 0.820. The molecule has 2 aliphatic rings. The van der Waals surface area contributed by atoms with Crippen LogP contribution in [0.5, 0.6) is 0 Å². The normalized spacial score (nSPS) is 14.1. The summed E-state index contributed by atoms with van der Waals surface area (Å²) >= 11 is 0. The molecule has 1 aliphatic carbocycles. The first-order valence-electron chi connectivity index (χ1n) is 24.0. The number of hydrogen-bond acceptors (Lipinski definition) is 7. The van der Waals surface area contributed by atoms with E-state index >= 15 is 0 Å². The van der Waals surface area contributed by atoms with Crippen molar-refractivity contribution in [1.82, 2.24) is 10.2 Å². The van der Waals surface area contributed by atoms with Crippen molar-refractivity contribution in [2.45, 2.75) is 225 Å². The Morgan fingerprint density at radius 1 is 0.700 bits per heavy atom. The molecule has 0 spiro atoms. The van der Waals surface area contributed by atoms with Gasteiger partial charge in [0.05, 0.1) is 6.42 Å². The van der Waals surface area contributed by atoms with Gasteiger partial charge in [0.2, 0.25) is 0 Å². The largest absolute Gasteiger partial charge is 2.00 e. The van der Waals surface area contributed by atoms with Crippen LogP contribution in [0.3, 0.4) is 0 Å². The Kier molecular flexibility index (Phi) is 55.5. The Balaban J connectivity index is -0.000000871. The van der Waals surface area contributed by atoms with Gasteiger partial charge in [-0.3, -0.25) is 21.9 Å². The summed E-state index contributed by atoms with van der Waals surface area (Å²) < 4.78 is 17.0. The maximum absolute atomic E-state index is 11.8. The van der Waals surface area contributed by atoms with Crippen LogP contribution in [0.4, 0.5) is 0 Å². The Morgan fingerprint density at radius 3 is 1.67 bits per heavy atom. The molecule has 0 radical (unpaired) electrons. The zero-order valence-electron chi connectivity index (χ0n) is 39.0. The molecule has 0 unspecified atom stereocenters. The molecule has 2 fully saturated rings. The van der Waals surface area contributed by atoms with Crippen molar-refractivity contribution < 1.29 is 90.8 Å². The molecular weight excluding hydrogens is 1200 g/mol. The molecule has 1 heterocycles. The van der Waals surface area contributed by atoms with E-state index in [1.165, 1.54) is 141 Å². The molecule has 10 heteroatoms. The second-order valence-electron chi connectivity index (χ2n) is 16.4. The van der Waals surface area contributed by atoms with E-state index in [1.54, 1.807) is 6.41 Å². The number of nitrogens with zero attached hydrogens (tertiary/aromatic N) is 1. The number of carbonyl (C=O) groups is 1. The first kappa shape index (κ1) is 64.4. The standard InChI is InChI=1S/C24H46O4.C18H31O.C8H13N2O.2U/c1-5-7-9-11-13-15-19-26-24(18-17-23(25)28-21-22(3)4)27-20-16-14-12-10-8-6-2;1-2-3-4-5-6-7-8-9-10-11-12-13-14-15-16-17-18-19;11-6-9-7-4-10(5-7)8-2-1-3-8;;/h22,24H,3-21H2,1-2H3;6-7,9-10H,2-5,8,11-17H2,1H3;7-8H,1-5H2,(H,9,11);;/q-2;2*-1;2*+2/b;7-6-,10-9-;;;. The van der Waals surface area contributed by atoms with Crippen LogP contribution < -0.4 is 5.32 Å². The van der Waals surface area contributed by atoms with Crippen LogP contribution in [0.1, 0.15) is 207 Å². The molecule has 60 heavy (non-hydrogen) atoms. The molecule has 0 bridgehead atoms. The molecule has 0 atom stereocenters. The summed E-state index contributed by atoms with van der Waals surface area (Å²) in [6.07, 6.45) is 46.4. The molecule has 1 N–H and O–H groups in total. The van der Waals surface area contributed by atoms with E-state index in [9.17, 15) is 14.4 Å². The van der Waals surface area contributed by atoms with Gasteiger partial charge in [-0.05, 0) is 57.8 Å². The molecular formula is C50H90N2O6U2. The van der Waals surface area contributed by atoms with E-state index in [4.69, 9.17) is 14.2 Å². The summed E-state index contributed by atoms with van der Waals surface area (Å²) in [6.45, 7) is 17.9. The number of amides is 1. The molecule has 0 aromatic carbocycles. The predicted molar refractivity (Wildman–Crippen MR) is 244 cm³/mol. The van der Waals surface area contributed by atoms with Gasteiger partial charge >= 0.3 is 68.2 Å². The molecule has 1 saturated carbocycles. The van der Waals surface area contributed by atoms with Gasteiger partial charge in [-0.15, -0.1) is 0 Å². The van der Waals surface area contributed by atoms with Crippen molar-refractivity contribution in [3.05, 3.63) is 38.2 Å². The number of rotatable bonds is 38. The zero-order chi connectivity index (χ0) is 42.6. The van der Waals surface area contributed by atoms with Crippen molar-refractivity contribution in [1.29, 1.82) is 0 Å². The van der Waals surface area contributed by atoms with E-state index in [2.05, 4.69) is 69.1 Å². The van der Waals surface area contributed by atoms with E-state index in [1.807, 2.05) is 6.29 Å².